The van der Waals surface area contributed by atoms with E-state index in [2.05, 4.69) is 10.3 Å². The Morgan fingerprint density at radius 1 is 1.55 bits per heavy atom. The van der Waals surface area contributed by atoms with E-state index in [1.54, 1.807) is 0 Å². The van der Waals surface area contributed by atoms with Gasteiger partial charge in [0.05, 0.1) is 22.5 Å². The van der Waals surface area contributed by atoms with Crippen molar-refractivity contribution in [2.45, 2.75) is 18.9 Å². The Kier molecular flexibility index (Phi) is 3.25. The summed E-state index contributed by atoms with van der Waals surface area (Å²) in [4.78, 5) is 28.8. The molecular weight excluding hydrogens is 282 g/mol. The second-order valence-electron chi connectivity index (χ2n) is 5.09. The van der Waals surface area contributed by atoms with Crippen molar-refractivity contribution in [3.8, 4) is 0 Å². The molecule has 3 rings (SSSR count). The molecule has 0 saturated carbocycles. The van der Waals surface area contributed by atoms with Crippen LogP contribution in [0.3, 0.4) is 0 Å². The number of nitrogens with zero attached hydrogens (tertiary/aromatic N) is 2. The van der Waals surface area contributed by atoms with Gasteiger partial charge in [-0.25, -0.2) is 9.78 Å². The minimum absolute atomic E-state index is 0.0271. The Morgan fingerprint density at radius 3 is 3.05 bits per heavy atom. The minimum Gasteiger partial charge on any atom is -0.478 e. The number of piperidine rings is 1. The maximum absolute atomic E-state index is 11.7. The highest BCUT2D eigenvalue weighted by Crippen LogP contribution is 2.34. The lowest BCUT2D eigenvalue weighted by Crippen LogP contribution is -2.46. The molecule has 6 nitrogen and oxygen atoms in total. The number of aromatic nitrogens is 1. The van der Waals surface area contributed by atoms with Crippen LogP contribution in [0, 0.1) is 5.92 Å². The largest absolute Gasteiger partial charge is 0.478 e. The molecule has 2 fully saturated rings. The molecule has 1 aromatic rings. The number of hydrogen-bond donors (Lipinski definition) is 2. The molecule has 0 bridgehead atoms. The molecule has 2 N–H and O–H groups in total. The van der Waals surface area contributed by atoms with E-state index in [1.807, 2.05) is 4.90 Å². The summed E-state index contributed by atoms with van der Waals surface area (Å²) in [5.41, 5.74) is 0.0629. The fourth-order valence-corrected chi connectivity index (χ4v) is 3.25. The normalized spacial score (nSPS) is 25.2. The van der Waals surface area contributed by atoms with Crippen LogP contribution < -0.4 is 10.2 Å². The van der Waals surface area contributed by atoms with E-state index in [1.165, 1.54) is 12.3 Å². The lowest BCUT2D eigenvalue weighted by molar-refractivity contribution is -0.123. The maximum Gasteiger partial charge on any atom is 0.337 e. The quantitative estimate of drug-likeness (QED) is 0.855. The molecule has 1 aromatic heterocycles. The fourth-order valence-electron chi connectivity index (χ4n) is 2.97. The average molecular weight is 296 g/mol. The Balaban J connectivity index is 1.92. The molecular formula is C13H14ClN3O3. The molecule has 7 heteroatoms. The maximum atomic E-state index is 11.7. The second-order valence-corrected chi connectivity index (χ2v) is 5.50. The molecule has 106 valence electrons. The van der Waals surface area contributed by atoms with Gasteiger partial charge < -0.3 is 15.3 Å². The van der Waals surface area contributed by atoms with E-state index in [9.17, 15) is 9.59 Å². The van der Waals surface area contributed by atoms with Crippen molar-refractivity contribution in [3.05, 3.63) is 22.8 Å². The number of carboxylic acids is 1. The van der Waals surface area contributed by atoms with Crippen LogP contribution in [0.1, 0.15) is 23.2 Å². The predicted octanol–water partition coefficient (Wildman–Crippen LogP) is 1.15. The number of carboxylic acid groups (broad SMARTS) is 1. The third-order valence-corrected chi connectivity index (χ3v) is 4.22. The highest BCUT2D eigenvalue weighted by molar-refractivity contribution is 6.33. The van der Waals surface area contributed by atoms with Gasteiger partial charge in [-0.15, -0.1) is 0 Å². The second kappa shape index (κ2) is 4.94. The summed E-state index contributed by atoms with van der Waals surface area (Å²) in [6.45, 7) is 1.36. The van der Waals surface area contributed by atoms with E-state index < -0.39 is 5.97 Å². The fraction of sp³-hybridized carbons (Fsp3) is 0.462. The average Bonchev–Trinajstić information content (AvgIpc) is 2.81. The molecule has 2 saturated heterocycles. The van der Waals surface area contributed by atoms with Crippen LogP contribution in [0.4, 0.5) is 5.82 Å². The van der Waals surface area contributed by atoms with Crippen molar-refractivity contribution < 1.29 is 14.7 Å². The van der Waals surface area contributed by atoms with Gasteiger partial charge in [-0.2, -0.15) is 0 Å². The topological polar surface area (TPSA) is 82.5 Å². The van der Waals surface area contributed by atoms with Crippen LogP contribution in [0.5, 0.6) is 0 Å². The van der Waals surface area contributed by atoms with Crippen molar-refractivity contribution >= 4 is 29.3 Å². The minimum atomic E-state index is -1.06. The van der Waals surface area contributed by atoms with Crippen LogP contribution in [0.2, 0.25) is 5.02 Å². The first-order valence-corrected chi connectivity index (χ1v) is 6.89. The Bertz CT molecular complexity index is 578. The number of amides is 1. The molecule has 3 heterocycles. The van der Waals surface area contributed by atoms with Gasteiger partial charge in [-0.1, -0.05) is 11.6 Å². The summed E-state index contributed by atoms with van der Waals surface area (Å²) in [6, 6.07) is 1.46. The van der Waals surface area contributed by atoms with Gasteiger partial charge >= 0.3 is 5.97 Å². The molecule has 0 spiro atoms. The molecule has 2 atom stereocenters. The van der Waals surface area contributed by atoms with Crippen LogP contribution in [-0.2, 0) is 4.79 Å². The van der Waals surface area contributed by atoms with Gasteiger partial charge in [-0.3, -0.25) is 4.79 Å². The standard InChI is InChI=1S/C13H14ClN3O3/c14-9-4-7(13(19)20)5-15-11(9)17-3-1-2-8-10(17)6-16-12(8)18/h4-5,8,10H,1-3,6H2,(H,16,18)(H,19,20). The Hall–Kier alpha value is -1.82. The van der Waals surface area contributed by atoms with Crippen LogP contribution in [0.15, 0.2) is 12.3 Å². The number of halogens is 1. The van der Waals surface area contributed by atoms with Crippen molar-refractivity contribution in [3.63, 3.8) is 0 Å². The summed E-state index contributed by atoms with van der Waals surface area (Å²) in [7, 11) is 0. The summed E-state index contributed by atoms with van der Waals surface area (Å²) in [5, 5.41) is 12.1. The molecule has 1 amide bonds. The highest BCUT2D eigenvalue weighted by atomic mass is 35.5. The molecule has 2 aliphatic heterocycles. The van der Waals surface area contributed by atoms with E-state index >= 15 is 0 Å². The van der Waals surface area contributed by atoms with Crippen molar-refractivity contribution in [2.24, 2.45) is 5.92 Å². The van der Waals surface area contributed by atoms with Crippen LogP contribution in [0.25, 0.3) is 0 Å². The summed E-state index contributed by atoms with van der Waals surface area (Å²) >= 11 is 6.16. The highest BCUT2D eigenvalue weighted by Gasteiger charge is 2.41. The number of carbonyl (C=O) groups excluding carboxylic acids is 1. The van der Waals surface area contributed by atoms with Gasteiger partial charge in [0.15, 0.2) is 0 Å². The number of anilines is 1. The molecule has 2 unspecified atom stereocenters. The number of pyridine rings is 1. The first kappa shape index (κ1) is 13.2. The molecule has 0 aromatic carbocycles. The lowest BCUT2D eigenvalue weighted by Gasteiger charge is -2.37. The summed E-state index contributed by atoms with van der Waals surface area (Å²) in [5.74, 6) is -0.443. The van der Waals surface area contributed by atoms with E-state index in [0.29, 0.717) is 17.4 Å². The van der Waals surface area contributed by atoms with Gasteiger partial charge in [0.1, 0.15) is 5.82 Å². The van der Waals surface area contributed by atoms with Gasteiger partial charge in [0.2, 0.25) is 5.91 Å². The number of nitrogens with one attached hydrogen (secondary N) is 1. The zero-order valence-electron chi connectivity index (χ0n) is 10.7. The van der Waals surface area contributed by atoms with E-state index in [0.717, 1.165) is 19.4 Å². The SMILES string of the molecule is O=C(O)c1cnc(N2CCCC3C(=O)NCC32)c(Cl)c1. The molecule has 2 aliphatic rings. The monoisotopic (exact) mass is 295 g/mol. The first-order valence-electron chi connectivity index (χ1n) is 6.51. The Morgan fingerprint density at radius 2 is 2.35 bits per heavy atom. The number of aromatic carboxylic acids is 1. The van der Waals surface area contributed by atoms with E-state index in [-0.39, 0.29) is 23.4 Å². The van der Waals surface area contributed by atoms with Crippen molar-refractivity contribution in [1.29, 1.82) is 0 Å². The summed E-state index contributed by atoms with van der Waals surface area (Å²) in [6.07, 6.45) is 3.07. The van der Waals surface area contributed by atoms with Gasteiger partial charge in [0.25, 0.3) is 0 Å². The zero-order chi connectivity index (χ0) is 14.3. The third-order valence-electron chi connectivity index (χ3n) is 3.94. The summed E-state index contributed by atoms with van der Waals surface area (Å²) < 4.78 is 0. The number of rotatable bonds is 2. The van der Waals surface area contributed by atoms with Gasteiger partial charge in [-0.05, 0) is 18.9 Å². The number of carbonyl (C=O) groups is 2. The third kappa shape index (κ3) is 2.10. The number of fused-ring (bicyclic) bond motifs is 1. The molecule has 0 radical (unpaired) electrons. The first-order chi connectivity index (χ1) is 9.58. The van der Waals surface area contributed by atoms with Gasteiger partial charge in [0, 0.05) is 19.3 Å². The predicted molar refractivity (Wildman–Crippen MR) is 73.1 cm³/mol. The Labute approximate surface area is 120 Å². The van der Waals surface area contributed by atoms with Crippen molar-refractivity contribution in [2.75, 3.05) is 18.0 Å². The zero-order valence-corrected chi connectivity index (χ0v) is 11.4. The van der Waals surface area contributed by atoms with Crippen molar-refractivity contribution in [1.82, 2.24) is 10.3 Å². The lowest BCUT2D eigenvalue weighted by atomic mass is 9.91. The van der Waals surface area contributed by atoms with E-state index in [4.69, 9.17) is 16.7 Å². The smallest absolute Gasteiger partial charge is 0.337 e. The molecule has 20 heavy (non-hydrogen) atoms. The van der Waals surface area contributed by atoms with Crippen LogP contribution in [-0.4, -0.2) is 41.1 Å². The molecule has 0 aliphatic carbocycles. The number of hydrogen-bond acceptors (Lipinski definition) is 4. The van der Waals surface area contributed by atoms with Crippen LogP contribution >= 0.6 is 11.6 Å².